The smallest absolute Gasteiger partial charge is 0.285 e. The van der Waals surface area contributed by atoms with Crippen LogP contribution >= 0.6 is 11.6 Å². The maximum Gasteiger partial charge on any atom is 0.285 e. The van der Waals surface area contributed by atoms with Crippen LogP contribution in [0.15, 0.2) is 18.2 Å². The van der Waals surface area contributed by atoms with Crippen LogP contribution in [0.5, 0.6) is 5.75 Å². The predicted octanol–water partition coefficient (Wildman–Crippen LogP) is 1.99. The fourth-order valence-electron chi connectivity index (χ4n) is 1.09. The Bertz CT molecular complexity index is 474. The maximum atomic E-state index is 10.8. The molecule has 0 aromatic heterocycles. The molecule has 0 saturated carbocycles. The molecule has 0 radical (unpaired) electrons. The third-order valence-corrected chi connectivity index (χ3v) is 3.21. The van der Waals surface area contributed by atoms with Crippen molar-refractivity contribution < 1.29 is 17.7 Å². The summed E-state index contributed by atoms with van der Waals surface area (Å²) in [6, 6.07) is 4.73. The Morgan fingerprint density at radius 2 is 2.12 bits per heavy atom. The van der Waals surface area contributed by atoms with E-state index in [1.54, 1.807) is 12.1 Å². The van der Waals surface area contributed by atoms with Gasteiger partial charge in [0.15, 0.2) is 5.37 Å². The standard InChI is InChI=1S/C9H12ClNO4S/c1-6(16(12,13)14)11-8-5-7(10)3-4-9(8)15-2/h3-6,11H,1-2H3,(H,12,13,14). The van der Waals surface area contributed by atoms with Crippen molar-refractivity contribution in [3.8, 4) is 5.75 Å². The van der Waals surface area contributed by atoms with Gasteiger partial charge in [0.1, 0.15) is 5.75 Å². The minimum atomic E-state index is -4.15. The Morgan fingerprint density at radius 1 is 1.50 bits per heavy atom. The highest BCUT2D eigenvalue weighted by atomic mass is 35.5. The van der Waals surface area contributed by atoms with E-state index < -0.39 is 15.5 Å². The molecule has 0 aliphatic rings. The molecule has 0 bridgehead atoms. The second kappa shape index (κ2) is 4.90. The van der Waals surface area contributed by atoms with Gasteiger partial charge in [0.05, 0.1) is 12.8 Å². The van der Waals surface area contributed by atoms with Crippen LogP contribution in [0.1, 0.15) is 6.92 Å². The van der Waals surface area contributed by atoms with E-state index in [0.717, 1.165) is 0 Å². The molecule has 16 heavy (non-hydrogen) atoms. The van der Waals surface area contributed by atoms with Gasteiger partial charge in [0, 0.05) is 5.02 Å². The molecule has 0 spiro atoms. The summed E-state index contributed by atoms with van der Waals surface area (Å²) in [6.45, 7) is 1.32. The van der Waals surface area contributed by atoms with Crippen molar-refractivity contribution in [3.63, 3.8) is 0 Å². The van der Waals surface area contributed by atoms with Gasteiger partial charge in [-0.15, -0.1) is 0 Å². The first-order chi connectivity index (χ1) is 7.34. The molecule has 0 heterocycles. The second-order valence-corrected chi connectivity index (χ2v) is 5.32. The van der Waals surface area contributed by atoms with Gasteiger partial charge >= 0.3 is 0 Å². The average Bonchev–Trinajstić information content (AvgIpc) is 2.16. The molecule has 1 aromatic rings. The van der Waals surface area contributed by atoms with Crippen molar-refractivity contribution in [1.82, 2.24) is 0 Å². The maximum absolute atomic E-state index is 10.8. The zero-order chi connectivity index (χ0) is 12.3. The fourth-order valence-corrected chi connectivity index (χ4v) is 1.53. The third-order valence-electron chi connectivity index (χ3n) is 1.97. The van der Waals surface area contributed by atoms with Crippen molar-refractivity contribution in [3.05, 3.63) is 23.2 Å². The van der Waals surface area contributed by atoms with Crippen molar-refractivity contribution in [1.29, 1.82) is 0 Å². The van der Waals surface area contributed by atoms with Gasteiger partial charge in [0.2, 0.25) is 0 Å². The lowest BCUT2D eigenvalue weighted by atomic mass is 10.3. The van der Waals surface area contributed by atoms with Gasteiger partial charge in [0.25, 0.3) is 10.1 Å². The lowest BCUT2D eigenvalue weighted by Gasteiger charge is -2.15. The van der Waals surface area contributed by atoms with E-state index in [4.69, 9.17) is 20.9 Å². The molecule has 2 N–H and O–H groups in total. The molecule has 1 aromatic carbocycles. The van der Waals surface area contributed by atoms with Gasteiger partial charge in [-0.1, -0.05) is 11.6 Å². The largest absolute Gasteiger partial charge is 0.495 e. The molecule has 5 nitrogen and oxygen atoms in total. The Balaban J connectivity index is 3.00. The molecule has 1 unspecified atom stereocenters. The highest BCUT2D eigenvalue weighted by Crippen LogP contribution is 2.28. The van der Waals surface area contributed by atoms with Crippen LogP contribution < -0.4 is 10.1 Å². The second-order valence-electron chi connectivity index (χ2n) is 3.15. The Hall–Kier alpha value is -0.980. The molecular weight excluding hydrogens is 254 g/mol. The van der Waals surface area contributed by atoms with Gasteiger partial charge in [-0.2, -0.15) is 8.42 Å². The molecular formula is C9H12ClNO4S. The number of halogens is 1. The number of hydrogen-bond acceptors (Lipinski definition) is 4. The minimum absolute atomic E-state index is 0.403. The zero-order valence-electron chi connectivity index (χ0n) is 8.77. The van der Waals surface area contributed by atoms with Gasteiger partial charge < -0.3 is 10.1 Å². The quantitative estimate of drug-likeness (QED) is 0.815. The summed E-state index contributed by atoms with van der Waals surface area (Å²) in [7, 11) is -2.70. The summed E-state index contributed by atoms with van der Waals surface area (Å²) in [4.78, 5) is 0. The number of rotatable bonds is 4. The van der Waals surface area contributed by atoms with Crippen LogP contribution in [0.4, 0.5) is 5.69 Å². The monoisotopic (exact) mass is 265 g/mol. The van der Waals surface area contributed by atoms with E-state index in [-0.39, 0.29) is 0 Å². The Labute approximate surface area is 99.1 Å². The van der Waals surface area contributed by atoms with Gasteiger partial charge in [-0.05, 0) is 25.1 Å². The summed E-state index contributed by atoms with van der Waals surface area (Å²) in [5, 5.41) is 1.89. The number of nitrogens with one attached hydrogen (secondary N) is 1. The number of ether oxygens (including phenoxy) is 1. The average molecular weight is 266 g/mol. The van der Waals surface area contributed by atoms with Gasteiger partial charge in [-0.25, -0.2) is 0 Å². The molecule has 90 valence electrons. The van der Waals surface area contributed by atoms with Crippen LogP contribution in [0.25, 0.3) is 0 Å². The summed E-state index contributed by atoms with van der Waals surface area (Å²) >= 11 is 5.76. The van der Waals surface area contributed by atoms with Crippen LogP contribution in [-0.2, 0) is 10.1 Å². The summed E-state index contributed by atoms with van der Waals surface area (Å²) in [5.41, 5.74) is 0.403. The molecule has 0 fully saturated rings. The van der Waals surface area contributed by atoms with Crippen molar-refractivity contribution in [2.45, 2.75) is 12.3 Å². The molecule has 0 aliphatic heterocycles. The lowest BCUT2D eigenvalue weighted by molar-refractivity contribution is 0.416. The number of methoxy groups -OCH3 is 1. The van der Waals surface area contributed by atoms with Crippen LogP contribution in [-0.4, -0.2) is 25.5 Å². The van der Waals surface area contributed by atoms with Crippen LogP contribution in [0.3, 0.4) is 0 Å². The topological polar surface area (TPSA) is 75.6 Å². The van der Waals surface area contributed by atoms with Crippen molar-refractivity contribution in [2.75, 3.05) is 12.4 Å². The van der Waals surface area contributed by atoms with Crippen LogP contribution in [0, 0.1) is 0 Å². The van der Waals surface area contributed by atoms with E-state index in [0.29, 0.717) is 16.5 Å². The SMILES string of the molecule is COc1ccc(Cl)cc1NC(C)S(=O)(=O)O. The number of anilines is 1. The van der Waals surface area contributed by atoms with E-state index in [2.05, 4.69) is 5.32 Å². The van der Waals surface area contributed by atoms with E-state index in [1.807, 2.05) is 0 Å². The Kier molecular flexibility index (Phi) is 4.01. The number of benzene rings is 1. The fraction of sp³-hybridized carbons (Fsp3) is 0.333. The first-order valence-electron chi connectivity index (χ1n) is 4.41. The van der Waals surface area contributed by atoms with E-state index in [1.165, 1.54) is 20.1 Å². The summed E-state index contributed by atoms with van der Waals surface area (Å²) in [5.74, 6) is 0.444. The number of hydrogen-bond donors (Lipinski definition) is 2. The highest BCUT2D eigenvalue weighted by Gasteiger charge is 2.18. The first-order valence-corrected chi connectivity index (χ1v) is 6.29. The zero-order valence-corrected chi connectivity index (χ0v) is 10.3. The Morgan fingerprint density at radius 3 is 2.62 bits per heavy atom. The predicted molar refractivity (Wildman–Crippen MR) is 62.6 cm³/mol. The summed E-state index contributed by atoms with van der Waals surface area (Å²) < 4.78 is 35.5. The van der Waals surface area contributed by atoms with Gasteiger partial charge in [-0.3, -0.25) is 4.55 Å². The van der Waals surface area contributed by atoms with Crippen molar-refractivity contribution in [2.24, 2.45) is 0 Å². The molecule has 0 aliphatic carbocycles. The minimum Gasteiger partial charge on any atom is -0.495 e. The van der Waals surface area contributed by atoms with E-state index in [9.17, 15) is 8.42 Å². The molecule has 0 saturated heterocycles. The highest BCUT2D eigenvalue weighted by molar-refractivity contribution is 7.86. The molecule has 1 atom stereocenters. The van der Waals surface area contributed by atoms with Crippen molar-refractivity contribution >= 4 is 27.4 Å². The first kappa shape index (κ1) is 13.1. The normalized spacial score (nSPS) is 13.2. The third kappa shape index (κ3) is 3.26. The molecule has 7 heteroatoms. The van der Waals surface area contributed by atoms with E-state index >= 15 is 0 Å². The lowest BCUT2D eigenvalue weighted by Crippen LogP contribution is -2.25. The molecule has 0 amide bonds. The van der Waals surface area contributed by atoms with Crippen LogP contribution in [0.2, 0.25) is 5.02 Å². The summed E-state index contributed by atoms with van der Waals surface area (Å²) in [6.07, 6.45) is 0. The molecule has 1 rings (SSSR count).